The summed E-state index contributed by atoms with van der Waals surface area (Å²) in [5, 5.41) is 8.44. The first-order valence-corrected chi connectivity index (χ1v) is 5.70. The van der Waals surface area contributed by atoms with Gasteiger partial charge in [0.25, 0.3) is 6.26 Å². The SMILES string of the molecule is N#COc1cccc(Oc2ccccc2OCC=O)n1. The normalized spacial score (nSPS) is 9.35. The van der Waals surface area contributed by atoms with Gasteiger partial charge in [0.1, 0.15) is 6.61 Å². The zero-order valence-corrected chi connectivity index (χ0v) is 10.4. The zero-order chi connectivity index (χ0) is 14.2. The minimum absolute atomic E-state index is 0.0641. The van der Waals surface area contributed by atoms with E-state index in [1.807, 2.05) is 0 Å². The Balaban J connectivity index is 2.19. The smallest absolute Gasteiger partial charge is 0.293 e. The molecule has 0 amide bonds. The van der Waals surface area contributed by atoms with Gasteiger partial charge in [-0.2, -0.15) is 4.98 Å². The minimum atomic E-state index is -0.0641. The van der Waals surface area contributed by atoms with Gasteiger partial charge < -0.3 is 14.2 Å². The summed E-state index contributed by atoms with van der Waals surface area (Å²) in [7, 11) is 0. The molecule has 2 rings (SSSR count). The van der Waals surface area contributed by atoms with Crippen molar-refractivity contribution in [3.05, 3.63) is 42.5 Å². The summed E-state index contributed by atoms with van der Waals surface area (Å²) in [5.41, 5.74) is 0. The van der Waals surface area contributed by atoms with Gasteiger partial charge in [-0.25, -0.2) is 0 Å². The Morgan fingerprint density at radius 2 is 1.85 bits per heavy atom. The van der Waals surface area contributed by atoms with Crippen LogP contribution in [-0.2, 0) is 4.79 Å². The monoisotopic (exact) mass is 270 g/mol. The molecule has 0 radical (unpaired) electrons. The van der Waals surface area contributed by atoms with Crippen molar-refractivity contribution in [2.45, 2.75) is 0 Å². The molecule has 6 nitrogen and oxygen atoms in total. The number of aromatic nitrogens is 1. The molecule has 0 fully saturated rings. The van der Waals surface area contributed by atoms with Gasteiger partial charge >= 0.3 is 0 Å². The van der Waals surface area contributed by atoms with Crippen molar-refractivity contribution in [1.29, 1.82) is 5.26 Å². The predicted octanol–water partition coefficient (Wildman–Crippen LogP) is 2.31. The second-order valence-corrected chi connectivity index (χ2v) is 3.53. The van der Waals surface area contributed by atoms with Crippen LogP contribution in [-0.4, -0.2) is 17.9 Å². The standard InChI is InChI=1S/C14H10N2O4/c15-10-19-13-6-3-7-14(16-13)20-12-5-2-1-4-11(12)18-9-8-17/h1-8H,9H2. The van der Waals surface area contributed by atoms with Gasteiger partial charge in [-0.1, -0.05) is 18.2 Å². The first-order valence-electron chi connectivity index (χ1n) is 5.70. The number of carbonyl (C=O) groups excluding carboxylic acids is 1. The van der Waals surface area contributed by atoms with Crippen LogP contribution in [0.5, 0.6) is 23.3 Å². The number of rotatable bonds is 6. The summed E-state index contributed by atoms with van der Waals surface area (Å²) in [6.45, 7) is -0.0641. The van der Waals surface area contributed by atoms with E-state index in [4.69, 9.17) is 14.7 Å². The van der Waals surface area contributed by atoms with Crippen molar-refractivity contribution < 1.29 is 19.0 Å². The number of benzene rings is 1. The summed E-state index contributed by atoms with van der Waals surface area (Å²) in [4.78, 5) is 14.3. The molecular weight excluding hydrogens is 260 g/mol. The summed E-state index contributed by atoms with van der Waals surface area (Å²) < 4.78 is 15.4. The maximum atomic E-state index is 10.3. The van der Waals surface area contributed by atoms with Gasteiger partial charge in [0, 0.05) is 12.1 Å². The maximum Gasteiger partial charge on any atom is 0.293 e. The lowest BCUT2D eigenvalue weighted by atomic mass is 10.3. The number of hydrogen-bond donors (Lipinski definition) is 0. The lowest BCUT2D eigenvalue weighted by Gasteiger charge is -2.10. The van der Waals surface area contributed by atoms with Crippen molar-refractivity contribution >= 4 is 6.29 Å². The van der Waals surface area contributed by atoms with Crippen LogP contribution in [0.15, 0.2) is 42.5 Å². The molecule has 6 heteroatoms. The van der Waals surface area contributed by atoms with Crippen LogP contribution >= 0.6 is 0 Å². The van der Waals surface area contributed by atoms with Crippen LogP contribution in [0.2, 0.25) is 0 Å². The van der Waals surface area contributed by atoms with Crippen LogP contribution in [0.3, 0.4) is 0 Å². The Morgan fingerprint density at radius 3 is 2.60 bits per heavy atom. The molecule has 1 aromatic heterocycles. The topological polar surface area (TPSA) is 81.4 Å². The Hall–Kier alpha value is -3.07. The lowest BCUT2D eigenvalue weighted by Crippen LogP contribution is -1.99. The zero-order valence-electron chi connectivity index (χ0n) is 10.4. The van der Waals surface area contributed by atoms with Gasteiger partial charge in [-0.15, -0.1) is 5.26 Å². The van der Waals surface area contributed by atoms with Crippen LogP contribution in [0, 0.1) is 11.5 Å². The second kappa shape index (κ2) is 6.75. The molecule has 0 spiro atoms. The van der Waals surface area contributed by atoms with E-state index in [9.17, 15) is 4.79 Å². The number of nitriles is 1. The lowest BCUT2D eigenvalue weighted by molar-refractivity contribution is -0.109. The molecule has 0 atom stereocenters. The van der Waals surface area contributed by atoms with E-state index in [1.165, 1.54) is 12.3 Å². The van der Waals surface area contributed by atoms with E-state index in [0.29, 0.717) is 17.8 Å². The van der Waals surface area contributed by atoms with Gasteiger partial charge in [0.2, 0.25) is 11.8 Å². The molecule has 0 bridgehead atoms. The molecule has 0 aliphatic carbocycles. The number of hydrogen-bond acceptors (Lipinski definition) is 6. The van der Waals surface area contributed by atoms with Crippen molar-refractivity contribution in [1.82, 2.24) is 4.98 Å². The first-order chi connectivity index (χ1) is 9.83. The molecule has 1 heterocycles. The Labute approximate surface area is 115 Å². The van der Waals surface area contributed by atoms with Crippen molar-refractivity contribution in [3.8, 4) is 29.5 Å². The van der Waals surface area contributed by atoms with Gasteiger partial charge in [-0.05, 0) is 12.1 Å². The van der Waals surface area contributed by atoms with Crippen molar-refractivity contribution in [2.24, 2.45) is 0 Å². The Morgan fingerprint density at radius 1 is 1.10 bits per heavy atom. The summed E-state index contributed by atoms with van der Waals surface area (Å²) in [6.07, 6.45) is 2.18. The quantitative estimate of drug-likeness (QED) is 0.591. The van der Waals surface area contributed by atoms with E-state index in [2.05, 4.69) is 9.72 Å². The number of carbonyl (C=O) groups is 1. The molecule has 0 unspecified atom stereocenters. The van der Waals surface area contributed by atoms with Crippen molar-refractivity contribution in [2.75, 3.05) is 6.61 Å². The molecule has 0 aliphatic rings. The number of para-hydroxylation sites is 2. The maximum absolute atomic E-state index is 10.3. The number of pyridine rings is 1. The number of ether oxygens (including phenoxy) is 3. The van der Waals surface area contributed by atoms with Crippen LogP contribution in [0.1, 0.15) is 0 Å². The third-order valence-corrected chi connectivity index (χ3v) is 2.22. The number of nitrogens with zero attached hydrogens (tertiary/aromatic N) is 2. The van der Waals surface area contributed by atoms with Crippen LogP contribution < -0.4 is 14.2 Å². The van der Waals surface area contributed by atoms with E-state index in [0.717, 1.165) is 0 Å². The first kappa shape index (κ1) is 13.4. The summed E-state index contributed by atoms with van der Waals surface area (Å²) >= 11 is 0. The molecular formula is C14H10N2O4. The fourth-order valence-corrected chi connectivity index (χ4v) is 1.45. The highest BCUT2D eigenvalue weighted by Crippen LogP contribution is 2.30. The minimum Gasteiger partial charge on any atom is -0.482 e. The van der Waals surface area contributed by atoms with Gasteiger partial charge in [-0.3, -0.25) is 4.79 Å². The largest absolute Gasteiger partial charge is 0.482 e. The average molecular weight is 270 g/mol. The van der Waals surface area contributed by atoms with Gasteiger partial charge in [0.05, 0.1) is 0 Å². The number of aldehydes is 1. The van der Waals surface area contributed by atoms with Crippen LogP contribution in [0.25, 0.3) is 0 Å². The fraction of sp³-hybridized carbons (Fsp3) is 0.0714. The van der Waals surface area contributed by atoms with Gasteiger partial charge in [0.15, 0.2) is 17.8 Å². The third-order valence-electron chi connectivity index (χ3n) is 2.22. The van der Waals surface area contributed by atoms with E-state index in [1.54, 1.807) is 36.4 Å². The van der Waals surface area contributed by atoms with E-state index in [-0.39, 0.29) is 18.4 Å². The Kier molecular flexibility index (Phi) is 4.51. The predicted molar refractivity (Wildman–Crippen MR) is 68.6 cm³/mol. The third kappa shape index (κ3) is 3.46. The molecule has 2 aromatic rings. The second-order valence-electron chi connectivity index (χ2n) is 3.53. The molecule has 0 saturated carbocycles. The van der Waals surface area contributed by atoms with Crippen LogP contribution in [0.4, 0.5) is 0 Å². The molecule has 100 valence electrons. The highest BCUT2D eigenvalue weighted by atomic mass is 16.5. The fourth-order valence-electron chi connectivity index (χ4n) is 1.45. The highest BCUT2D eigenvalue weighted by Gasteiger charge is 2.07. The Bertz CT molecular complexity index is 637. The molecule has 0 aliphatic heterocycles. The van der Waals surface area contributed by atoms with Crippen molar-refractivity contribution in [3.63, 3.8) is 0 Å². The molecule has 20 heavy (non-hydrogen) atoms. The molecule has 0 N–H and O–H groups in total. The molecule has 0 saturated heterocycles. The average Bonchev–Trinajstić information content (AvgIpc) is 2.47. The molecule has 1 aromatic carbocycles. The summed E-state index contributed by atoms with van der Waals surface area (Å²) in [5.74, 6) is 1.22. The highest BCUT2D eigenvalue weighted by molar-refractivity contribution is 5.52. The summed E-state index contributed by atoms with van der Waals surface area (Å²) in [6, 6.07) is 11.7. The van der Waals surface area contributed by atoms with E-state index < -0.39 is 0 Å². The van der Waals surface area contributed by atoms with E-state index >= 15 is 0 Å².